The molecule has 5 nitrogen and oxygen atoms in total. The van der Waals surface area contributed by atoms with E-state index in [2.05, 4.69) is 10.3 Å². The maximum absolute atomic E-state index is 13.2. The molecule has 0 bridgehead atoms. The topological polar surface area (TPSA) is 76.1 Å². The summed E-state index contributed by atoms with van der Waals surface area (Å²) in [5.41, 5.74) is 0.793. The number of amides is 1. The molecule has 0 aliphatic carbocycles. The quantitative estimate of drug-likeness (QED) is 0.701. The molecule has 1 amide bonds. The number of carbonyl (C=O) groups excluding carboxylic acids is 1. The van der Waals surface area contributed by atoms with Crippen LogP contribution in [0.1, 0.15) is 21.2 Å². The highest BCUT2D eigenvalue weighted by Gasteiger charge is 2.30. The van der Waals surface area contributed by atoms with E-state index in [-0.39, 0.29) is 10.8 Å². The summed E-state index contributed by atoms with van der Waals surface area (Å²) in [6, 6.07) is 11.5. The van der Waals surface area contributed by atoms with E-state index in [1.165, 1.54) is 54.9 Å². The first-order valence-corrected chi connectivity index (χ1v) is 10.1. The van der Waals surface area contributed by atoms with E-state index in [1.807, 2.05) is 0 Å². The van der Waals surface area contributed by atoms with Gasteiger partial charge in [0.15, 0.2) is 9.84 Å². The number of hydrogen-bond donors (Lipinski definition) is 1. The second kappa shape index (κ2) is 7.76. The minimum absolute atomic E-state index is 0.132. The standard InChI is InChI=1S/C18H15FN2O3S2/c19-15-5-3-13(4-6-15)16(26(23,24)17-2-1-11-25-17)12-21-18(22)14-7-9-20-10-8-14/h1-11,16H,12H2,(H,21,22)/t16-/m0/s1. The third kappa shape index (κ3) is 3.97. The highest BCUT2D eigenvalue weighted by atomic mass is 32.2. The summed E-state index contributed by atoms with van der Waals surface area (Å²) in [6.45, 7) is -0.132. The molecule has 8 heteroatoms. The summed E-state index contributed by atoms with van der Waals surface area (Å²) in [5, 5.41) is 3.30. The number of aromatic nitrogens is 1. The lowest BCUT2D eigenvalue weighted by Gasteiger charge is -2.18. The summed E-state index contributed by atoms with van der Waals surface area (Å²) in [7, 11) is -3.73. The molecule has 0 spiro atoms. The van der Waals surface area contributed by atoms with Crippen molar-refractivity contribution in [3.05, 3.63) is 83.2 Å². The van der Waals surface area contributed by atoms with Gasteiger partial charge in [-0.15, -0.1) is 11.3 Å². The molecule has 0 radical (unpaired) electrons. The van der Waals surface area contributed by atoms with Gasteiger partial charge in [0.2, 0.25) is 0 Å². The van der Waals surface area contributed by atoms with Crippen LogP contribution < -0.4 is 5.32 Å². The van der Waals surface area contributed by atoms with Crippen molar-refractivity contribution in [2.45, 2.75) is 9.46 Å². The van der Waals surface area contributed by atoms with Crippen LogP contribution in [0.3, 0.4) is 0 Å². The first kappa shape index (κ1) is 18.2. The lowest BCUT2D eigenvalue weighted by Crippen LogP contribution is -2.31. The molecule has 26 heavy (non-hydrogen) atoms. The van der Waals surface area contributed by atoms with E-state index in [4.69, 9.17) is 0 Å². The monoisotopic (exact) mass is 390 g/mol. The number of nitrogens with zero attached hydrogens (tertiary/aromatic N) is 1. The fraction of sp³-hybridized carbons (Fsp3) is 0.111. The van der Waals surface area contributed by atoms with Crippen LogP contribution in [0.5, 0.6) is 0 Å². The molecule has 1 aromatic carbocycles. The van der Waals surface area contributed by atoms with Gasteiger partial charge in [0.1, 0.15) is 15.3 Å². The number of pyridine rings is 1. The number of nitrogens with one attached hydrogen (secondary N) is 1. The Labute approximate surface area is 154 Å². The van der Waals surface area contributed by atoms with Crippen LogP contribution in [0.2, 0.25) is 0 Å². The lowest BCUT2D eigenvalue weighted by molar-refractivity contribution is 0.0953. The van der Waals surface area contributed by atoms with Crippen molar-refractivity contribution in [1.82, 2.24) is 10.3 Å². The third-order valence-corrected chi connectivity index (χ3v) is 7.31. The summed E-state index contributed by atoms with van der Waals surface area (Å²) in [5.74, 6) is -0.859. The molecular weight excluding hydrogens is 375 g/mol. The average Bonchev–Trinajstić information content (AvgIpc) is 3.19. The Kier molecular flexibility index (Phi) is 5.43. The third-order valence-electron chi connectivity index (χ3n) is 3.78. The van der Waals surface area contributed by atoms with Crippen molar-refractivity contribution in [2.24, 2.45) is 0 Å². The van der Waals surface area contributed by atoms with Crippen LogP contribution in [0.15, 0.2) is 70.5 Å². The number of halogens is 1. The molecule has 3 aromatic rings. The number of thiophene rings is 1. The van der Waals surface area contributed by atoms with Crippen molar-refractivity contribution in [3.8, 4) is 0 Å². The summed E-state index contributed by atoms with van der Waals surface area (Å²) >= 11 is 1.10. The van der Waals surface area contributed by atoms with Gasteiger partial charge in [0.25, 0.3) is 5.91 Å². The van der Waals surface area contributed by atoms with Crippen molar-refractivity contribution in [3.63, 3.8) is 0 Å². The average molecular weight is 390 g/mol. The number of carbonyl (C=O) groups is 1. The zero-order chi connectivity index (χ0) is 18.6. The minimum Gasteiger partial charge on any atom is -0.350 e. The predicted octanol–water partition coefficient (Wildman–Crippen LogP) is 3.23. The van der Waals surface area contributed by atoms with Gasteiger partial charge >= 0.3 is 0 Å². The Balaban J connectivity index is 1.89. The molecule has 1 atom stereocenters. The van der Waals surface area contributed by atoms with Gasteiger partial charge < -0.3 is 5.32 Å². The van der Waals surface area contributed by atoms with E-state index in [0.717, 1.165) is 11.3 Å². The van der Waals surface area contributed by atoms with E-state index in [1.54, 1.807) is 11.4 Å². The molecule has 2 heterocycles. The van der Waals surface area contributed by atoms with Crippen LogP contribution in [0.4, 0.5) is 4.39 Å². The number of hydrogen-bond acceptors (Lipinski definition) is 5. The Morgan fingerprint density at radius 2 is 1.81 bits per heavy atom. The molecule has 0 saturated carbocycles. The predicted molar refractivity (Wildman–Crippen MR) is 97.2 cm³/mol. The van der Waals surface area contributed by atoms with Gasteiger partial charge in [-0.05, 0) is 41.3 Å². The van der Waals surface area contributed by atoms with Gasteiger partial charge in [0, 0.05) is 24.5 Å². The second-order valence-electron chi connectivity index (χ2n) is 5.46. The minimum atomic E-state index is -3.73. The maximum Gasteiger partial charge on any atom is 0.251 e. The van der Waals surface area contributed by atoms with Gasteiger partial charge in [-0.2, -0.15) is 0 Å². The number of sulfone groups is 1. The normalized spacial score (nSPS) is 12.5. The van der Waals surface area contributed by atoms with E-state index in [9.17, 15) is 17.6 Å². The fourth-order valence-corrected chi connectivity index (χ4v) is 5.31. The fourth-order valence-electron chi connectivity index (χ4n) is 2.44. The summed E-state index contributed by atoms with van der Waals surface area (Å²) in [4.78, 5) is 16.1. The molecule has 2 aromatic heterocycles. The lowest BCUT2D eigenvalue weighted by atomic mass is 10.1. The second-order valence-corrected chi connectivity index (χ2v) is 8.77. The Bertz CT molecular complexity index is 973. The van der Waals surface area contributed by atoms with Gasteiger partial charge in [-0.1, -0.05) is 18.2 Å². The molecule has 0 fully saturated rings. The van der Waals surface area contributed by atoms with E-state index < -0.39 is 26.8 Å². The van der Waals surface area contributed by atoms with Crippen molar-refractivity contribution < 1.29 is 17.6 Å². The first-order chi connectivity index (χ1) is 12.5. The van der Waals surface area contributed by atoms with Crippen molar-refractivity contribution in [2.75, 3.05) is 6.54 Å². The van der Waals surface area contributed by atoms with E-state index >= 15 is 0 Å². The molecule has 134 valence electrons. The van der Waals surface area contributed by atoms with Crippen molar-refractivity contribution in [1.29, 1.82) is 0 Å². The number of rotatable bonds is 6. The molecule has 0 aliphatic heterocycles. The Hall–Kier alpha value is -2.58. The van der Waals surface area contributed by atoms with Crippen molar-refractivity contribution >= 4 is 27.1 Å². The summed E-state index contributed by atoms with van der Waals surface area (Å²) < 4.78 is 39.4. The van der Waals surface area contributed by atoms with Crippen LogP contribution in [0.25, 0.3) is 0 Å². The van der Waals surface area contributed by atoms with Crippen LogP contribution in [-0.4, -0.2) is 25.9 Å². The van der Waals surface area contributed by atoms with Gasteiger partial charge in [0.05, 0.1) is 0 Å². The SMILES string of the molecule is O=C(NC[C@@H](c1ccc(F)cc1)S(=O)(=O)c1cccs1)c1ccncc1. The number of benzene rings is 1. The molecule has 3 rings (SSSR count). The van der Waals surface area contributed by atoms with Crippen LogP contribution in [0, 0.1) is 5.82 Å². The maximum atomic E-state index is 13.2. The first-order valence-electron chi connectivity index (χ1n) is 7.69. The molecule has 1 N–H and O–H groups in total. The summed E-state index contributed by atoms with van der Waals surface area (Å²) in [6.07, 6.45) is 2.96. The van der Waals surface area contributed by atoms with Gasteiger partial charge in [-0.25, -0.2) is 12.8 Å². The molecular formula is C18H15FN2O3S2. The van der Waals surface area contributed by atoms with E-state index in [0.29, 0.717) is 11.1 Å². The van der Waals surface area contributed by atoms with Crippen LogP contribution in [-0.2, 0) is 9.84 Å². The van der Waals surface area contributed by atoms with Gasteiger partial charge in [-0.3, -0.25) is 9.78 Å². The molecule has 0 aliphatic rings. The highest BCUT2D eigenvalue weighted by molar-refractivity contribution is 7.93. The zero-order valence-electron chi connectivity index (χ0n) is 13.5. The van der Waals surface area contributed by atoms with Crippen LogP contribution >= 0.6 is 11.3 Å². The smallest absolute Gasteiger partial charge is 0.251 e. The largest absolute Gasteiger partial charge is 0.350 e. The Morgan fingerprint density at radius 3 is 2.42 bits per heavy atom. The zero-order valence-corrected chi connectivity index (χ0v) is 15.1. The molecule has 0 unspecified atom stereocenters. The Morgan fingerprint density at radius 1 is 1.12 bits per heavy atom. The highest BCUT2D eigenvalue weighted by Crippen LogP contribution is 2.31. The molecule has 0 saturated heterocycles.